The molecule has 0 N–H and O–H groups in total. The first-order chi connectivity index (χ1) is 12.3. The van der Waals surface area contributed by atoms with Crippen LogP contribution >= 0.6 is 0 Å². The lowest BCUT2D eigenvalue weighted by Crippen LogP contribution is -2.24. The molecule has 2 aromatic carbocycles. The van der Waals surface area contributed by atoms with Crippen molar-refractivity contribution in [2.45, 2.75) is 51.9 Å². The minimum absolute atomic E-state index is 0.0340. The van der Waals surface area contributed by atoms with Gasteiger partial charge >= 0.3 is 0 Å². The predicted molar refractivity (Wildman–Crippen MR) is 103 cm³/mol. The number of hydrogen-bond acceptors (Lipinski definition) is 4. The van der Waals surface area contributed by atoms with Crippen LogP contribution in [-0.4, -0.2) is 10.1 Å². The molecular formula is C22H24N2O2. The quantitative estimate of drug-likeness (QED) is 0.470. The Kier molecular flexibility index (Phi) is 3.69. The normalized spacial score (nSPS) is 13.0. The number of rotatable bonds is 3. The molecule has 2 aromatic heterocycles. The second-order valence-corrected chi connectivity index (χ2v) is 8.64. The molecule has 134 valence electrons. The molecule has 0 saturated carbocycles. The van der Waals surface area contributed by atoms with Crippen LogP contribution in [0.3, 0.4) is 0 Å². The summed E-state index contributed by atoms with van der Waals surface area (Å²) >= 11 is 0. The highest BCUT2D eigenvalue weighted by Gasteiger charge is 2.31. The highest BCUT2D eigenvalue weighted by molar-refractivity contribution is 5.81. The molecule has 0 amide bonds. The van der Waals surface area contributed by atoms with Gasteiger partial charge in [-0.1, -0.05) is 58.0 Å². The Bertz CT molecular complexity index is 1080. The first-order valence-corrected chi connectivity index (χ1v) is 8.98. The molecule has 4 rings (SSSR count). The lowest BCUT2D eigenvalue weighted by Gasteiger charge is -2.28. The van der Waals surface area contributed by atoms with Gasteiger partial charge in [-0.15, -0.1) is 0 Å². The second-order valence-electron chi connectivity index (χ2n) is 8.64. The average molecular weight is 348 g/mol. The van der Waals surface area contributed by atoms with Crippen LogP contribution < -0.4 is 0 Å². The van der Waals surface area contributed by atoms with Crippen molar-refractivity contribution in [3.8, 4) is 0 Å². The van der Waals surface area contributed by atoms with Crippen molar-refractivity contribution in [3.05, 3.63) is 59.6 Å². The maximum Gasteiger partial charge on any atom is 0.181 e. The second kappa shape index (κ2) is 5.70. The van der Waals surface area contributed by atoms with Gasteiger partial charge in [-0.2, -0.15) is 0 Å². The maximum absolute atomic E-state index is 5.55. The smallest absolute Gasteiger partial charge is 0.181 e. The van der Waals surface area contributed by atoms with Crippen LogP contribution in [0.4, 0.5) is 0 Å². The van der Waals surface area contributed by atoms with Crippen molar-refractivity contribution >= 4 is 22.1 Å². The van der Waals surface area contributed by atoms with Gasteiger partial charge in [0.1, 0.15) is 5.52 Å². The molecule has 0 spiro atoms. The standard InChI is InChI=1S/C22H24N2O2/c1-21(2,3)18-14(10-11-17-19(18)23-13-25-17)12-22(4,5)20-15-8-6-7-9-16(15)26-24-20/h6-11,13H,12H2,1-5H3. The molecule has 4 nitrogen and oxygen atoms in total. The molecule has 4 aromatic rings. The molecule has 0 aliphatic rings. The zero-order chi connectivity index (χ0) is 18.5. The minimum atomic E-state index is -0.177. The van der Waals surface area contributed by atoms with Crippen LogP contribution in [0.1, 0.15) is 51.4 Å². The van der Waals surface area contributed by atoms with Crippen LogP contribution in [-0.2, 0) is 17.3 Å². The number of aromatic nitrogens is 2. The Morgan fingerprint density at radius 3 is 2.46 bits per heavy atom. The molecule has 0 saturated heterocycles. The Morgan fingerprint density at radius 1 is 0.923 bits per heavy atom. The average Bonchev–Trinajstić information content (AvgIpc) is 3.19. The fourth-order valence-electron chi connectivity index (χ4n) is 3.89. The monoisotopic (exact) mass is 348 g/mol. The topological polar surface area (TPSA) is 52.1 Å². The zero-order valence-electron chi connectivity index (χ0n) is 16.0. The third kappa shape index (κ3) is 2.70. The highest BCUT2D eigenvalue weighted by Crippen LogP contribution is 2.38. The lowest BCUT2D eigenvalue weighted by atomic mass is 9.75. The zero-order valence-corrected chi connectivity index (χ0v) is 16.0. The van der Waals surface area contributed by atoms with Crippen molar-refractivity contribution in [1.82, 2.24) is 10.1 Å². The summed E-state index contributed by atoms with van der Waals surface area (Å²) in [6, 6.07) is 12.2. The number of fused-ring (bicyclic) bond motifs is 2. The van der Waals surface area contributed by atoms with Gasteiger partial charge in [0.2, 0.25) is 0 Å². The maximum atomic E-state index is 5.55. The van der Waals surface area contributed by atoms with Gasteiger partial charge in [0.05, 0.1) is 5.69 Å². The summed E-state index contributed by atoms with van der Waals surface area (Å²) < 4.78 is 11.1. The molecular weight excluding hydrogens is 324 g/mol. The van der Waals surface area contributed by atoms with E-state index in [1.165, 1.54) is 17.5 Å². The predicted octanol–water partition coefficient (Wildman–Crippen LogP) is 5.79. The van der Waals surface area contributed by atoms with Gasteiger partial charge in [-0.3, -0.25) is 0 Å². The SMILES string of the molecule is CC(C)(C)c1c(CC(C)(C)c2noc3ccccc23)ccc2ocnc12. The third-order valence-corrected chi connectivity index (χ3v) is 4.99. The molecule has 2 heterocycles. The Balaban J connectivity index is 1.84. The van der Waals surface area contributed by atoms with Crippen molar-refractivity contribution in [3.63, 3.8) is 0 Å². The van der Waals surface area contributed by atoms with Crippen LogP contribution in [0.25, 0.3) is 22.1 Å². The van der Waals surface area contributed by atoms with Gasteiger partial charge in [-0.05, 0) is 41.2 Å². The summed E-state index contributed by atoms with van der Waals surface area (Å²) in [4.78, 5) is 4.49. The van der Waals surface area contributed by atoms with E-state index >= 15 is 0 Å². The molecule has 0 aliphatic carbocycles. The Hall–Kier alpha value is -2.62. The van der Waals surface area contributed by atoms with Gasteiger partial charge in [-0.25, -0.2) is 4.98 Å². The minimum Gasteiger partial charge on any atom is -0.443 e. The summed E-state index contributed by atoms with van der Waals surface area (Å²) in [5.41, 5.74) is 5.92. The number of oxazole rings is 1. The van der Waals surface area contributed by atoms with Crippen molar-refractivity contribution in [2.24, 2.45) is 0 Å². The fourth-order valence-corrected chi connectivity index (χ4v) is 3.89. The summed E-state index contributed by atoms with van der Waals surface area (Å²) in [5, 5.41) is 5.48. The van der Waals surface area contributed by atoms with E-state index < -0.39 is 0 Å². The molecule has 0 unspecified atom stereocenters. The number of nitrogens with zero attached hydrogens (tertiary/aromatic N) is 2. The van der Waals surface area contributed by atoms with E-state index in [1.54, 1.807) is 0 Å². The van der Waals surface area contributed by atoms with Gasteiger partial charge in [0.25, 0.3) is 0 Å². The van der Waals surface area contributed by atoms with Crippen LogP contribution in [0, 0.1) is 0 Å². The summed E-state index contributed by atoms with van der Waals surface area (Å²) in [7, 11) is 0. The summed E-state index contributed by atoms with van der Waals surface area (Å²) in [6.45, 7) is 11.1. The van der Waals surface area contributed by atoms with Crippen LogP contribution in [0.5, 0.6) is 0 Å². The number of hydrogen-bond donors (Lipinski definition) is 0. The van der Waals surface area contributed by atoms with E-state index in [9.17, 15) is 0 Å². The van der Waals surface area contributed by atoms with Crippen LogP contribution in [0.15, 0.2) is 51.7 Å². The number of benzene rings is 2. The fraction of sp³-hybridized carbons (Fsp3) is 0.364. The van der Waals surface area contributed by atoms with E-state index in [-0.39, 0.29) is 10.8 Å². The number of para-hydroxylation sites is 1. The van der Waals surface area contributed by atoms with E-state index in [0.29, 0.717) is 0 Å². The molecule has 0 bridgehead atoms. The first-order valence-electron chi connectivity index (χ1n) is 8.98. The van der Waals surface area contributed by atoms with Gasteiger partial charge in [0.15, 0.2) is 17.6 Å². The van der Waals surface area contributed by atoms with Gasteiger partial charge < -0.3 is 8.94 Å². The van der Waals surface area contributed by atoms with Crippen molar-refractivity contribution < 1.29 is 8.94 Å². The molecule has 4 heteroatoms. The highest BCUT2D eigenvalue weighted by atomic mass is 16.5. The molecule has 0 aliphatic heterocycles. The van der Waals surface area contributed by atoms with E-state index in [0.717, 1.165) is 34.2 Å². The van der Waals surface area contributed by atoms with E-state index in [4.69, 9.17) is 8.94 Å². The third-order valence-electron chi connectivity index (χ3n) is 4.99. The lowest BCUT2D eigenvalue weighted by molar-refractivity contribution is 0.405. The summed E-state index contributed by atoms with van der Waals surface area (Å²) in [5.74, 6) is 0. The first kappa shape index (κ1) is 16.8. The van der Waals surface area contributed by atoms with Crippen molar-refractivity contribution in [1.29, 1.82) is 0 Å². The van der Waals surface area contributed by atoms with Gasteiger partial charge in [0, 0.05) is 10.8 Å². The summed E-state index contributed by atoms with van der Waals surface area (Å²) in [6.07, 6.45) is 2.37. The van der Waals surface area contributed by atoms with Crippen LogP contribution in [0.2, 0.25) is 0 Å². The molecule has 0 fully saturated rings. The molecule has 26 heavy (non-hydrogen) atoms. The Morgan fingerprint density at radius 2 is 1.69 bits per heavy atom. The molecule has 0 radical (unpaired) electrons. The van der Waals surface area contributed by atoms with E-state index in [1.807, 2.05) is 24.3 Å². The van der Waals surface area contributed by atoms with E-state index in [2.05, 4.69) is 56.9 Å². The van der Waals surface area contributed by atoms with Crippen molar-refractivity contribution in [2.75, 3.05) is 0 Å². The Labute approximate surface area is 153 Å². The largest absolute Gasteiger partial charge is 0.443 e. The molecule has 0 atom stereocenters.